The van der Waals surface area contributed by atoms with Gasteiger partial charge in [-0.25, -0.2) is 0 Å². The second kappa shape index (κ2) is 47.5. The summed E-state index contributed by atoms with van der Waals surface area (Å²) in [5.74, 6) is -0.276. The van der Waals surface area contributed by atoms with Crippen molar-refractivity contribution >= 4 is 5.91 Å². The molecule has 0 radical (unpaired) electrons. The Labute approximate surface area is 499 Å². The number of nitrogens with one attached hydrogen (secondary N) is 1. The summed E-state index contributed by atoms with van der Waals surface area (Å²) in [5, 5.41) is 120. The molecular weight excluding hydrogens is 1070 g/mol. The molecule has 12 N–H and O–H groups in total. The zero-order valence-electron chi connectivity index (χ0n) is 51.4. The first kappa shape index (κ1) is 75.8. The second-order valence-corrected chi connectivity index (χ2v) is 24.3. The van der Waals surface area contributed by atoms with E-state index >= 15 is 0 Å². The van der Waals surface area contributed by atoms with Crippen LogP contribution in [-0.4, -0.2) is 193 Å². The van der Waals surface area contributed by atoms with Crippen LogP contribution in [0.5, 0.6) is 0 Å². The van der Waals surface area contributed by atoms with Crippen LogP contribution in [0.4, 0.5) is 0 Å². The highest BCUT2D eigenvalue weighted by molar-refractivity contribution is 5.76. The van der Waals surface area contributed by atoms with Gasteiger partial charge in [-0.15, -0.1) is 0 Å². The Morgan fingerprint density at radius 1 is 0.422 bits per heavy atom. The summed E-state index contributed by atoms with van der Waals surface area (Å²) in [5.41, 5.74) is 0. The van der Waals surface area contributed by atoms with Gasteiger partial charge >= 0.3 is 0 Å². The number of allylic oxidation sites excluding steroid dienone is 1. The maximum absolute atomic E-state index is 13.3. The number of hydrogen-bond acceptors (Lipinski definition) is 18. The molecule has 0 bridgehead atoms. The van der Waals surface area contributed by atoms with E-state index < -0.39 is 124 Å². The largest absolute Gasteiger partial charge is 0.394 e. The summed E-state index contributed by atoms with van der Waals surface area (Å²) >= 11 is 0. The minimum Gasteiger partial charge on any atom is -0.394 e. The van der Waals surface area contributed by atoms with Crippen molar-refractivity contribution in [2.45, 2.75) is 362 Å². The molecule has 3 rings (SSSR count). The zero-order valence-corrected chi connectivity index (χ0v) is 51.4. The van der Waals surface area contributed by atoms with Gasteiger partial charge < -0.3 is 89.9 Å². The van der Waals surface area contributed by atoms with Crippen LogP contribution < -0.4 is 5.32 Å². The number of hydrogen-bond donors (Lipinski definition) is 12. The first-order valence-electron chi connectivity index (χ1n) is 33.4. The van der Waals surface area contributed by atoms with Gasteiger partial charge in [-0.05, 0) is 19.3 Å². The second-order valence-electron chi connectivity index (χ2n) is 24.3. The molecule has 19 nitrogen and oxygen atoms in total. The highest BCUT2D eigenvalue weighted by Crippen LogP contribution is 2.33. The number of carbonyl (C=O) groups is 1. The minimum absolute atomic E-state index is 0.248. The van der Waals surface area contributed by atoms with Gasteiger partial charge in [0.2, 0.25) is 5.91 Å². The Balaban J connectivity index is 1.29. The molecule has 3 heterocycles. The van der Waals surface area contributed by atoms with Gasteiger partial charge in [0.25, 0.3) is 0 Å². The molecule has 19 heteroatoms. The van der Waals surface area contributed by atoms with Crippen LogP contribution in [0.3, 0.4) is 0 Å². The number of carbonyl (C=O) groups excluding carboxylic acids is 1. The highest BCUT2D eigenvalue weighted by atomic mass is 16.8. The molecule has 3 fully saturated rings. The van der Waals surface area contributed by atoms with E-state index in [-0.39, 0.29) is 18.9 Å². The van der Waals surface area contributed by atoms with E-state index in [1.807, 2.05) is 6.08 Å². The fourth-order valence-corrected chi connectivity index (χ4v) is 11.6. The zero-order chi connectivity index (χ0) is 60.5. The number of unbranched alkanes of at least 4 members (excludes halogenated alkanes) is 35. The summed E-state index contributed by atoms with van der Waals surface area (Å²) in [7, 11) is 0. The summed E-state index contributed by atoms with van der Waals surface area (Å²) in [6.07, 6.45) is 24.4. The van der Waals surface area contributed by atoms with Gasteiger partial charge in [-0.3, -0.25) is 4.79 Å². The van der Waals surface area contributed by atoms with Crippen molar-refractivity contribution in [3.05, 3.63) is 12.2 Å². The lowest BCUT2D eigenvalue weighted by Crippen LogP contribution is -2.66. The third-order valence-electron chi connectivity index (χ3n) is 17.1. The molecule has 0 aromatic carbocycles. The van der Waals surface area contributed by atoms with Crippen molar-refractivity contribution in [1.82, 2.24) is 5.32 Å². The van der Waals surface area contributed by atoms with Crippen molar-refractivity contribution in [2.75, 3.05) is 26.4 Å². The first-order chi connectivity index (χ1) is 40.3. The normalized spacial score (nSPS) is 29.4. The van der Waals surface area contributed by atoms with Crippen molar-refractivity contribution in [1.29, 1.82) is 0 Å². The van der Waals surface area contributed by atoms with E-state index in [0.29, 0.717) is 6.42 Å². The molecule has 0 spiro atoms. The van der Waals surface area contributed by atoms with Gasteiger partial charge in [0, 0.05) is 6.42 Å². The summed E-state index contributed by atoms with van der Waals surface area (Å²) in [6, 6.07) is -0.965. The molecule has 1 amide bonds. The Bertz CT molecular complexity index is 1560. The molecule has 0 aliphatic carbocycles. The van der Waals surface area contributed by atoms with Gasteiger partial charge in [-0.2, -0.15) is 0 Å². The Kier molecular flexibility index (Phi) is 43.4. The number of rotatable bonds is 51. The van der Waals surface area contributed by atoms with Crippen molar-refractivity contribution in [2.24, 2.45) is 0 Å². The van der Waals surface area contributed by atoms with Crippen LogP contribution in [0.25, 0.3) is 0 Å². The van der Waals surface area contributed by atoms with Crippen LogP contribution in [0.1, 0.15) is 258 Å². The third kappa shape index (κ3) is 30.5. The smallest absolute Gasteiger partial charge is 0.220 e. The van der Waals surface area contributed by atoms with Crippen molar-refractivity contribution in [3.8, 4) is 0 Å². The third-order valence-corrected chi connectivity index (χ3v) is 17.1. The molecule has 83 heavy (non-hydrogen) atoms. The van der Waals surface area contributed by atoms with Crippen LogP contribution in [-0.2, 0) is 33.2 Å². The van der Waals surface area contributed by atoms with Crippen molar-refractivity contribution in [3.63, 3.8) is 0 Å². The fraction of sp³-hybridized carbons (Fsp3) is 0.953. The Morgan fingerprint density at radius 3 is 1.13 bits per heavy atom. The standard InChI is InChI=1S/C64H121NO18/c1-3-5-7-9-11-12-13-14-15-16-17-18-19-20-21-22-23-24-25-26-27-28-29-30-31-32-33-34-35-36-38-40-42-52(70)65-47(48(69)41-39-37-10-8-6-4-2)46-78-62-58(76)55(73)60(50(44-67)80-62)83-64-59(77)56(74)61(51(45-68)81-64)82-63-57(75)54(72)53(71)49(43-66)79-63/h39,41,47-51,53-64,66-69,71-77H,3-38,40,42-46H2,1-2H3,(H,65,70)/b41-39+. The Morgan fingerprint density at radius 2 is 0.747 bits per heavy atom. The predicted molar refractivity (Wildman–Crippen MR) is 319 cm³/mol. The van der Waals surface area contributed by atoms with E-state index in [2.05, 4.69) is 19.2 Å². The maximum Gasteiger partial charge on any atom is 0.220 e. The van der Waals surface area contributed by atoms with E-state index in [4.69, 9.17) is 28.4 Å². The minimum atomic E-state index is -1.97. The number of ether oxygens (including phenoxy) is 6. The number of aliphatic hydroxyl groups excluding tert-OH is 11. The molecule has 3 aliphatic heterocycles. The maximum atomic E-state index is 13.3. The lowest BCUT2D eigenvalue weighted by atomic mass is 9.96. The van der Waals surface area contributed by atoms with E-state index in [1.165, 1.54) is 180 Å². The number of amides is 1. The van der Waals surface area contributed by atoms with Crippen LogP contribution >= 0.6 is 0 Å². The lowest BCUT2D eigenvalue weighted by Gasteiger charge is -2.48. The lowest BCUT2D eigenvalue weighted by molar-refractivity contribution is -0.379. The SMILES string of the molecule is CCCCCC/C=C/C(O)C(COC1OC(CO)C(OC2OC(CO)C(OC3OC(CO)C(O)C(O)C3O)C(O)C2O)C(O)C1O)NC(=O)CCCCCCCCCCCCCCCCCCCCCCCCCCCCCCCCCC. The van der Waals surface area contributed by atoms with Gasteiger partial charge in [0.05, 0.1) is 38.6 Å². The van der Waals surface area contributed by atoms with E-state index in [1.54, 1.807) is 6.08 Å². The average molecular weight is 1190 g/mol. The topological polar surface area (TPSA) is 307 Å². The Hall–Kier alpha value is -1.47. The molecule has 0 aromatic heterocycles. The molecule has 3 saturated heterocycles. The summed E-state index contributed by atoms with van der Waals surface area (Å²) in [6.45, 7) is 1.65. The monoisotopic (exact) mass is 1190 g/mol. The van der Waals surface area contributed by atoms with Crippen LogP contribution in [0.2, 0.25) is 0 Å². The first-order valence-corrected chi connectivity index (χ1v) is 33.4. The van der Waals surface area contributed by atoms with Gasteiger partial charge in [0.1, 0.15) is 73.2 Å². The molecule has 3 aliphatic rings. The van der Waals surface area contributed by atoms with Crippen LogP contribution in [0, 0.1) is 0 Å². The number of aliphatic hydroxyl groups is 11. The molecule has 0 saturated carbocycles. The molecule has 17 atom stereocenters. The van der Waals surface area contributed by atoms with E-state index in [9.17, 15) is 61.0 Å². The fourth-order valence-electron chi connectivity index (χ4n) is 11.6. The summed E-state index contributed by atoms with van der Waals surface area (Å²) in [4.78, 5) is 13.3. The molecule has 17 unspecified atom stereocenters. The van der Waals surface area contributed by atoms with Gasteiger partial charge in [-0.1, -0.05) is 244 Å². The quantitative estimate of drug-likeness (QED) is 0.0205. The molecular formula is C64H121NO18. The van der Waals surface area contributed by atoms with Gasteiger partial charge in [0.15, 0.2) is 18.9 Å². The van der Waals surface area contributed by atoms with Crippen molar-refractivity contribution < 1.29 is 89.4 Å². The highest BCUT2D eigenvalue weighted by Gasteiger charge is 2.53. The van der Waals surface area contributed by atoms with E-state index in [0.717, 1.165) is 51.4 Å². The molecule has 490 valence electrons. The predicted octanol–water partition coefficient (Wildman–Crippen LogP) is 7.72. The average Bonchev–Trinajstić information content (AvgIpc) is 3.44. The molecule has 0 aromatic rings. The summed E-state index contributed by atoms with van der Waals surface area (Å²) < 4.78 is 34.1. The van der Waals surface area contributed by atoms with Crippen LogP contribution in [0.15, 0.2) is 12.2 Å².